The predicted octanol–water partition coefficient (Wildman–Crippen LogP) is 4.17. The summed E-state index contributed by atoms with van der Waals surface area (Å²) in [6.45, 7) is 3.13. The second-order valence-corrected chi connectivity index (χ2v) is 4.83. The summed E-state index contributed by atoms with van der Waals surface area (Å²) in [5, 5.41) is 4.39. The van der Waals surface area contributed by atoms with Crippen LogP contribution >= 0.6 is 0 Å². The predicted molar refractivity (Wildman–Crippen MR) is 77.9 cm³/mol. The average molecular weight is 269 g/mol. The molecule has 2 nitrogen and oxygen atoms in total. The Bertz CT molecular complexity index is 733. The first-order valence-corrected chi connectivity index (χ1v) is 6.67. The third-order valence-electron chi connectivity index (χ3n) is 3.48. The number of hydrogen-bond acceptors (Lipinski definition) is 2. The highest BCUT2D eigenvalue weighted by atomic mass is 19.1. The lowest BCUT2D eigenvalue weighted by Crippen LogP contribution is -2.14. The number of halogens is 1. The number of para-hydroxylation sites is 1. The van der Waals surface area contributed by atoms with E-state index in [-0.39, 0.29) is 5.82 Å². The van der Waals surface area contributed by atoms with Crippen molar-refractivity contribution in [3.05, 3.63) is 71.2 Å². The highest BCUT2D eigenvalue weighted by molar-refractivity contribution is 5.82. The van der Waals surface area contributed by atoms with Crippen LogP contribution in [0, 0.1) is 12.7 Å². The molecule has 0 atom stereocenters. The minimum atomic E-state index is -0.172. The molecule has 3 aromatic rings. The lowest BCUT2D eigenvalue weighted by Gasteiger charge is -2.05. The van der Waals surface area contributed by atoms with Gasteiger partial charge in [-0.2, -0.15) is 0 Å². The molecular weight excluding hydrogens is 253 g/mol. The zero-order chi connectivity index (χ0) is 13.9. The lowest BCUT2D eigenvalue weighted by molar-refractivity contribution is 0.560. The van der Waals surface area contributed by atoms with Crippen LogP contribution in [0.1, 0.15) is 16.9 Å². The number of nitrogens with one attached hydrogen (secondary N) is 1. The molecule has 0 spiro atoms. The van der Waals surface area contributed by atoms with E-state index in [1.54, 1.807) is 12.1 Å². The maximum atomic E-state index is 13.5. The highest BCUT2D eigenvalue weighted by Crippen LogP contribution is 2.25. The number of rotatable bonds is 4. The quantitative estimate of drug-likeness (QED) is 0.769. The number of aryl methyl sites for hydroxylation is 1. The van der Waals surface area contributed by atoms with Crippen LogP contribution in [0.25, 0.3) is 11.0 Å². The number of furan rings is 1. The third kappa shape index (κ3) is 2.45. The van der Waals surface area contributed by atoms with E-state index in [1.165, 1.54) is 6.07 Å². The van der Waals surface area contributed by atoms with E-state index in [9.17, 15) is 4.39 Å². The van der Waals surface area contributed by atoms with Gasteiger partial charge in [-0.1, -0.05) is 36.4 Å². The molecule has 2 aromatic carbocycles. The van der Waals surface area contributed by atoms with Crippen molar-refractivity contribution < 1.29 is 8.81 Å². The summed E-state index contributed by atoms with van der Waals surface area (Å²) >= 11 is 0. The van der Waals surface area contributed by atoms with Crippen molar-refractivity contribution in [1.29, 1.82) is 0 Å². The van der Waals surface area contributed by atoms with Crippen LogP contribution in [-0.2, 0) is 13.1 Å². The van der Waals surface area contributed by atoms with Gasteiger partial charge in [-0.15, -0.1) is 0 Å². The standard InChI is InChI=1S/C17H16FNO/c1-12-15(14-7-3-5-9-17(14)20-12)11-19-10-13-6-2-4-8-16(13)18/h2-9,19H,10-11H2,1H3. The first-order chi connectivity index (χ1) is 9.75. The molecule has 1 N–H and O–H groups in total. The fourth-order valence-electron chi connectivity index (χ4n) is 2.40. The van der Waals surface area contributed by atoms with E-state index < -0.39 is 0 Å². The van der Waals surface area contributed by atoms with Crippen molar-refractivity contribution in [3.8, 4) is 0 Å². The summed E-state index contributed by atoms with van der Waals surface area (Å²) in [7, 11) is 0. The maximum absolute atomic E-state index is 13.5. The van der Waals surface area contributed by atoms with Crippen molar-refractivity contribution in [2.24, 2.45) is 0 Å². The Labute approximate surface area is 117 Å². The van der Waals surface area contributed by atoms with Crippen LogP contribution in [-0.4, -0.2) is 0 Å². The minimum Gasteiger partial charge on any atom is -0.461 e. The topological polar surface area (TPSA) is 25.2 Å². The van der Waals surface area contributed by atoms with Gasteiger partial charge >= 0.3 is 0 Å². The molecular formula is C17H16FNO. The zero-order valence-electron chi connectivity index (χ0n) is 11.3. The van der Waals surface area contributed by atoms with Gasteiger partial charge in [0.15, 0.2) is 0 Å². The molecule has 0 unspecified atom stereocenters. The van der Waals surface area contributed by atoms with Gasteiger partial charge in [0.1, 0.15) is 17.2 Å². The van der Waals surface area contributed by atoms with Crippen LogP contribution in [0.3, 0.4) is 0 Å². The van der Waals surface area contributed by atoms with Crippen molar-refractivity contribution >= 4 is 11.0 Å². The minimum absolute atomic E-state index is 0.172. The van der Waals surface area contributed by atoms with Crippen LogP contribution in [0.15, 0.2) is 52.9 Å². The van der Waals surface area contributed by atoms with E-state index in [1.807, 2.05) is 37.3 Å². The molecule has 20 heavy (non-hydrogen) atoms. The fourth-order valence-corrected chi connectivity index (χ4v) is 2.40. The van der Waals surface area contributed by atoms with Crippen molar-refractivity contribution in [2.45, 2.75) is 20.0 Å². The van der Waals surface area contributed by atoms with Gasteiger partial charge in [0, 0.05) is 29.6 Å². The van der Waals surface area contributed by atoms with E-state index in [4.69, 9.17) is 4.42 Å². The van der Waals surface area contributed by atoms with E-state index in [0.717, 1.165) is 22.3 Å². The van der Waals surface area contributed by atoms with Crippen LogP contribution < -0.4 is 5.32 Å². The number of hydrogen-bond donors (Lipinski definition) is 1. The highest BCUT2D eigenvalue weighted by Gasteiger charge is 2.10. The summed E-state index contributed by atoms with van der Waals surface area (Å²) in [5.41, 5.74) is 2.71. The largest absolute Gasteiger partial charge is 0.461 e. The molecule has 1 aromatic heterocycles. The Kier molecular flexibility index (Phi) is 3.52. The van der Waals surface area contributed by atoms with Gasteiger partial charge in [0.05, 0.1) is 0 Å². The maximum Gasteiger partial charge on any atom is 0.134 e. The van der Waals surface area contributed by atoms with Crippen molar-refractivity contribution in [1.82, 2.24) is 5.32 Å². The second kappa shape index (κ2) is 5.47. The van der Waals surface area contributed by atoms with Gasteiger partial charge in [-0.05, 0) is 19.1 Å². The molecule has 3 rings (SSSR count). The molecule has 102 valence electrons. The Morgan fingerprint density at radius 1 is 1.00 bits per heavy atom. The summed E-state index contributed by atoms with van der Waals surface area (Å²) in [6.07, 6.45) is 0. The molecule has 0 radical (unpaired) electrons. The van der Waals surface area contributed by atoms with Gasteiger partial charge in [-0.3, -0.25) is 0 Å². The molecule has 3 heteroatoms. The van der Waals surface area contributed by atoms with Crippen molar-refractivity contribution in [2.75, 3.05) is 0 Å². The van der Waals surface area contributed by atoms with E-state index in [2.05, 4.69) is 5.32 Å². The molecule has 0 amide bonds. The molecule has 0 aliphatic carbocycles. The normalized spacial score (nSPS) is 11.1. The molecule has 0 saturated carbocycles. The van der Waals surface area contributed by atoms with Crippen LogP contribution in [0.5, 0.6) is 0 Å². The Morgan fingerprint density at radius 2 is 1.75 bits per heavy atom. The summed E-state index contributed by atoms with van der Waals surface area (Å²) < 4.78 is 19.2. The number of fused-ring (bicyclic) bond motifs is 1. The van der Waals surface area contributed by atoms with Gasteiger partial charge in [-0.25, -0.2) is 4.39 Å². The van der Waals surface area contributed by atoms with E-state index in [0.29, 0.717) is 18.7 Å². The Balaban J connectivity index is 1.74. The first-order valence-electron chi connectivity index (χ1n) is 6.67. The zero-order valence-corrected chi connectivity index (χ0v) is 11.3. The number of benzene rings is 2. The monoisotopic (exact) mass is 269 g/mol. The second-order valence-electron chi connectivity index (χ2n) is 4.83. The smallest absolute Gasteiger partial charge is 0.134 e. The van der Waals surface area contributed by atoms with E-state index >= 15 is 0 Å². The third-order valence-corrected chi connectivity index (χ3v) is 3.48. The van der Waals surface area contributed by atoms with Crippen LogP contribution in [0.4, 0.5) is 4.39 Å². The van der Waals surface area contributed by atoms with Gasteiger partial charge in [0.2, 0.25) is 0 Å². The lowest BCUT2D eigenvalue weighted by atomic mass is 10.1. The Hall–Kier alpha value is -2.13. The van der Waals surface area contributed by atoms with Crippen LogP contribution in [0.2, 0.25) is 0 Å². The summed E-state index contributed by atoms with van der Waals surface area (Å²) in [6, 6.07) is 14.8. The SMILES string of the molecule is Cc1oc2ccccc2c1CNCc1ccccc1F. The molecule has 0 bridgehead atoms. The molecule has 1 heterocycles. The Morgan fingerprint density at radius 3 is 2.60 bits per heavy atom. The first kappa shape index (κ1) is 12.9. The van der Waals surface area contributed by atoms with Gasteiger partial charge in [0.25, 0.3) is 0 Å². The molecule has 0 saturated heterocycles. The molecule has 0 aliphatic heterocycles. The molecule has 0 fully saturated rings. The summed E-state index contributed by atoms with van der Waals surface area (Å²) in [4.78, 5) is 0. The summed E-state index contributed by atoms with van der Waals surface area (Å²) in [5.74, 6) is 0.737. The fraction of sp³-hybridized carbons (Fsp3) is 0.176. The van der Waals surface area contributed by atoms with Gasteiger partial charge < -0.3 is 9.73 Å². The molecule has 0 aliphatic rings. The average Bonchev–Trinajstić information content (AvgIpc) is 2.77. The van der Waals surface area contributed by atoms with Crippen molar-refractivity contribution in [3.63, 3.8) is 0 Å².